The van der Waals surface area contributed by atoms with Crippen molar-refractivity contribution in [2.24, 2.45) is 5.73 Å². The quantitative estimate of drug-likeness (QED) is 0.772. The van der Waals surface area contributed by atoms with Gasteiger partial charge in [-0.1, -0.05) is 19.1 Å². The van der Waals surface area contributed by atoms with Crippen molar-refractivity contribution in [3.8, 4) is 5.75 Å². The van der Waals surface area contributed by atoms with E-state index in [1.54, 1.807) is 0 Å². The zero-order valence-electron chi connectivity index (χ0n) is 11.1. The van der Waals surface area contributed by atoms with Gasteiger partial charge in [0.05, 0.1) is 12.2 Å². The van der Waals surface area contributed by atoms with E-state index in [1.807, 2.05) is 31.2 Å². The van der Waals surface area contributed by atoms with E-state index < -0.39 is 0 Å². The van der Waals surface area contributed by atoms with Crippen molar-refractivity contribution >= 4 is 0 Å². The number of rotatable bonds is 6. The number of ether oxygens (including phenoxy) is 2. The van der Waals surface area contributed by atoms with Gasteiger partial charge in [-0.15, -0.1) is 0 Å². The van der Waals surface area contributed by atoms with Crippen molar-refractivity contribution in [3.63, 3.8) is 0 Å². The molecule has 96 valence electrons. The molecule has 0 aliphatic carbocycles. The molecule has 0 radical (unpaired) electrons. The van der Waals surface area contributed by atoms with E-state index in [0.29, 0.717) is 0 Å². The minimum atomic E-state index is -0.283. The third-order valence-electron chi connectivity index (χ3n) is 2.38. The molecule has 3 nitrogen and oxygen atoms in total. The molecule has 0 fully saturated rings. The molecule has 0 aromatic heterocycles. The minimum absolute atomic E-state index is 0.152. The second kappa shape index (κ2) is 6.62. The molecule has 1 rings (SSSR count). The van der Waals surface area contributed by atoms with Crippen molar-refractivity contribution in [1.29, 1.82) is 0 Å². The summed E-state index contributed by atoms with van der Waals surface area (Å²) in [6.45, 7) is 8.04. The summed E-state index contributed by atoms with van der Waals surface area (Å²) in [5.74, 6) is 0.795. The largest absolute Gasteiger partial charge is 0.476 e. The molecule has 1 aromatic rings. The fourth-order valence-electron chi connectivity index (χ4n) is 1.71. The van der Waals surface area contributed by atoms with Crippen LogP contribution in [0.4, 0.5) is 0 Å². The minimum Gasteiger partial charge on any atom is -0.476 e. The Hall–Kier alpha value is -1.06. The van der Waals surface area contributed by atoms with Crippen LogP contribution < -0.4 is 10.5 Å². The van der Waals surface area contributed by atoms with Gasteiger partial charge < -0.3 is 9.47 Å². The number of hydrogen-bond donors (Lipinski definition) is 1. The molecule has 0 bridgehead atoms. The van der Waals surface area contributed by atoms with E-state index in [9.17, 15) is 0 Å². The van der Waals surface area contributed by atoms with E-state index in [-0.39, 0.29) is 18.4 Å². The van der Waals surface area contributed by atoms with Gasteiger partial charge in [0.1, 0.15) is 12.0 Å². The van der Waals surface area contributed by atoms with Crippen LogP contribution in [0.5, 0.6) is 5.75 Å². The summed E-state index contributed by atoms with van der Waals surface area (Å²) in [6.07, 6.45) is 1.07. The first-order valence-electron chi connectivity index (χ1n) is 6.20. The second-order valence-corrected chi connectivity index (χ2v) is 4.47. The van der Waals surface area contributed by atoms with Gasteiger partial charge in [-0.2, -0.15) is 0 Å². The van der Waals surface area contributed by atoms with Crippen molar-refractivity contribution in [3.05, 3.63) is 29.8 Å². The SMILES string of the molecule is CCC(OC(C)C)c1ccc(OC(C)N)cc1. The molecule has 0 spiro atoms. The lowest BCUT2D eigenvalue weighted by molar-refractivity contribution is 0.00446. The van der Waals surface area contributed by atoms with Crippen LogP contribution in [0.15, 0.2) is 24.3 Å². The van der Waals surface area contributed by atoms with Crippen molar-refractivity contribution in [1.82, 2.24) is 0 Å². The molecular weight excluding hydrogens is 214 g/mol. The lowest BCUT2D eigenvalue weighted by atomic mass is 10.1. The van der Waals surface area contributed by atoms with Crippen LogP contribution >= 0.6 is 0 Å². The Morgan fingerprint density at radius 2 is 1.71 bits per heavy atom. The first-order valence-corrected chi connectivity index (χ1v) is 6.20. The summed E-state index contributed by atoms with van der Waals surface area (Å²) >= 11 is 0. The van der Waals surface area contributed by atoms with Crippen LogP contribution in [-0.2, 0) is 4.74 Å². The maximum Gasteiger partial charge on any atom is 0.144 e. The van der Waals surface area contributed by atoms with Gasteiger partial charge in [-0.3, -0.25) is 5.73 Å². The molecule has 3 heteroatoms. The predicted octanol–water partition coefficient (Wildman–Crippen LogP) is 3.25. The van der Waals surface area contributed by atoms with Crippen LogP contribution in [0, 0.1) is 0 Å². The number of hydrogen-bond acceptors (Lipinski definition) is 3. The standard InChI is InChI=1S/C14H23NO2/c1-5-14(16-10(2)3)12-6-8-13(9-7-12)17-11(4)15/h6-11,14H,5,15H2,1-4H3. The summed E-state index contributed by atoms with van der Waals surface area (Å²) in [6, 6.07) is 7.94. The maximum absolute atomic E-state index is 5.84. The van der Waals surface area contributed by atoms with Crippen LogP contribution in [0.25, 0.3) is 0 Å². The summed E-state index contributed by atoms with van der Waals surface area (Å²) in [7, 11) is 0. The Morgan fingerprint density at radius 3 is 2.12 bits per heavy atom. The third kappa shape index (κ3) is 4.75. The van der Waals surface area contributed by atoms with E-state index >= 15 is 0 Å². The molecule has 0 saturated heterocycles. The van der Waals surface area contributed by atoms with Gasteiger partial charge >= 0.3 is 0 Å². The molecule has 2 atom stereocenters. The van der Waals surface area contributed by atoms with E-state index in [0.717, 1.165) is 12.2 Å². The monoisotopic (exact) mass is 237 g/mol. The van der Waals surface area contributed by atoms with Crippen molar-refractivity contribution in [2.45, 2.75) is 52.6 Å². The normalized spacial score (nSPS) is 14.7. The Balaban J connectivity index is 2.70. The number of nitrogens with two attached hydrogens (primary N) is 1. The molecule has 2 N–H and O–H groups in total. The van der Waals surface area contributed by atoms with E-state index in [2.05, 4.69) is 20.8 Å². The maximum atomic E-state index is 5.84. The predicted molar refractivity (Wildman–Crippen MR) is 70.0 cm³/mol. The summed E-state index contributed by atoms with van der Waals surface area (Å²) in [4.78, 5) is 0. The lowest BCUT2D eigenvalue weighted by Gasteiger charge is -2.19. The van der Waals surface area contributed by atoms with Crippen LogP contribution in [-0.4, -0.2) is 12.3 Å². The van der Waals surface area contributed by atoms with Crippen LogP contribution in [0.1, 0.15) is 45.8 Å². The topological polar surface area (TPSA) is 44.5 Å². The van der Waals surface area contributed by atoms with Gasteiger partial charge in [-0.25, -0.2) is 0 Å². The van der Waals surface area contributed by atoms with Crippen LogP contribution in [0.2, 0.25) is 0 Å². The molecule has 0 aliphatic heterocycles. The molecule has 0 amide bonds. The molecule has 2 unspecified atom stereocenters. The third-order valence-corrected chi connectivity index (χ3v) is 2.38. The van der Waals surface area contributed by atoms with Gasteiger partial charge in [0.2, 0.25) is 0 Å². The molecule has 0 aliphatic rings. The highest BCUT2D eigenvalue weighted by atomic mass is 16.5. The van der Waals surface area contributed by atoms with E-state index in [1.165, 1.54) is 5.56 Å². The highest BCUT2D eigenvalue weighted by Crippen LogP contribution is 2.24. The van der Waals surface area contributed by atoms with Gasteiger partial charge in [0.25, 0.3) is 0 Å². The lowest BCUT2D eigenvalue weighted by Crippen LogP contribution is -2.22. The number of benzene rings is 1. The zero-order chi connectivity index (χ0) is 12.8. The smallest absolute Gasteiger partial charge is 0.144 e. The molecule has 1 aromatic carbocycles. The van der Waals surface area contributed by atoms with Crippen molar-refractivity contribution in [2.75, 3.05) is 0 Å². The molecular formula is C14H23NO2. The van der Waals surface area contributed by atoms with Crippen molar-refractivity contribution < 1.29 is 9.47 Å². The Bertz CT molecular complexity index is 319. The first kappa shape index (κ1) is 14.0. The molecule has 17 heavy (non-hydrogen) atoms. The Labute approximate surface area is 104 Å². The fourth-order valence-corrected chi connectivity index (χ4v) is 1.71. The Morgan fingerprint density at radius 1 is 1.12 bits per heavy atom. The van der Waals surface area contributed by atoms with Gasteiger partial charge in [0.15, 0.2) is 0 Å². The average Bonchev–Trinajstić information content (AvgIpc) is 2.26. The highest BCUT2D eigenvalue weighted by molar-refractivity contribution is 5.28. The molecule has 0 heterocycles. The van der Waals surface area contributed by atoms with Crippen LogP contribution in [0.3, 0.4) is 0 Å². The molecule has 0 saturated carbocycles. The summed E-state index contributed by atoms with van der Waals surface area (Å²) in [5.41, 5.74) is 6.75. The second-order valence-electron chi connectivity index (χ2n) is 4.47. The van der Waals surface area contributed by atoms with Gasteiger partial charge in [0, 0.05) is 0 Å². The fraction of sp³-hybridized carbons (Fsp3) is 0.571. The first-order chi connectivity index (χ1) is 8.02. The zero-order valence-corrected chi connectivity index (χ0v) is 11.1. The Kier molecular flexibility index (Phi) is 5.45. The summed E-state index contributed by atoms with van der Waals surface area (Å²) < 4.78 is 11.2. The summed E-state index contributed by atoms with van der Waals surface area (Å²) in [5, 5.41) is 0. The van der Waals surface area contributed by atoms with Gasteiger partial charge in [-0.05, 0) is 44.9 Å². The van der Waals surface area contributed by atoms with E-state index in [4.69, 9.17) is 15.2 Å². The highest BCUT2D eigenvalue weighted by Gasteiger charge is 2.11. The average molecular weight is 237 g/mol.